The molecular formula is C17H14BrNOS. The van der Waals surface area contributed by atoms with Crippen LogP contribution in [-0.4, -0.2) is 12.1 Å². The van der Waals surface area contributed by atoms with Crippen molar-refractivity contribution in [1.82, 2.24) is 4.98 Å². The summed E-state index contributed by atoms with van der Waals surface area (Å²) in [5, 5.41) is 1.15. The van der Waals surface area contributed by atoms with Crippen LogP contribution in [0.1, 0.15) is 5.56 Å². The summed E-state index contributed by atoms with van der Waals surface area (Å²) in [4.78, 5) is 5.65. The van der Waals surface area contributed by atoms with E-state index in [-0.39, 0.29) is 0 Å². The Hall–Kier alpha value is -1.52. The summed E-state index contributed by atoms with van der Waals surface area (Å²) in [6.07, 6.45) is 1.82. The monoisotopic (exact) mass is 359 g/mol. The molecule has 4 heteroatoms. The second-order valence-corrected chi connectivity index (χ2v) is 6.40. The van der Waals surface area contributed by atoms with E-state index in [1.807, 2.05) is 24.4 Å². The van der Waals surface area contributed by atoms with E-state index >= 15 is 0 Å². The fourth-order valence-corrected chi connectivity index (χ4v) is 3.79. The first-order valence-corrected chi connectivity index (χ1v) is 8.35. The van der Waals surface area contributed by atoms with Crippen molar-refractivity contribution in [2.45, 2.75) is 10.6 Å². The van der Waals surface area contributed by atoms with Crippen LogP contribution in [0.25, 0.3) is 10.9 Å². The van der Waals surface area contributed by atoms with Gasteiger partial charge in [0.1, 0.15) is 5.75 Å². The number of aromatic nitrogens is 1. The third-order valence-corrected chi connectivity index (χ3v) is 5.42. The SMILES string of the molecule is COc1ccc(CSc2ccc3cccnc3c2Br)cc1. The van der Waals surface area contributed by atoms with E-state index < -0.39 is 0 Å². The molecule has 0 atom stereocenters. The molecule has 3 rings (SSSR count). The van der Waals surface area contributed by atoms with Crippen molar-refractivity contribution in [1.29, 1.82) is 0 Å². The third kappa shape index (κ3) is 3.22. The smallest absolute Gasteiger partial charge is 0.118 e. The average Bonchev–Trinajstić information content (AvgIpc) is 2.55. The molecule has 2 aromatic carbocycles. The Balaban J connectivity index is 1.79. The largest absolute Gasteiger partial charge is 0.497 e. The lowest BCUT2D eigenvalue weighted by molar-refractivity contribution is 0.414. The second kappa shape index (κ2) is 6.50. The molecule has 0 spiro atoms. The van der Waals surface area contributed by atoms with Gasteiger partial charge in [0.25, 0.3) is 0 Å². The third-order valence-electron chi connectivity index (χ3n) is 3.23. The van der Waals surface area contributed by atoms with Gasteiger partial charge in [-0.05, 0) is 45.8 Å². The summed E-state index contributed by atoms with van der Waals surface area (Å²) >= 11 is 5.48. The van der Waals surface area contributed by atoms with Crippen LogP contribution >= 0.6 is 27.7 Å². The molecule has 0 bridgehead atoms. The quantitative estimate of drug-likeness (QED) is 0.590. The number of benzene rings is 2. The highest BCUT2D eigenvalue weighted by molar-refractivity contribution is 9.10. The summed E-state index contributed by atoms with van der Waals surface area (Å²) in [5.74, 6) is 1.81. The molecule has 2 nitrogen and oxygen atoms in total. The van der Waals surface area contributed by atoms with E-state index in [0.717, 1.165) is 26.9 Å². The highest BCUT2D eigenvalue weighted by atomic mass is 79.9. The number of rotatable bonds is 4. The molecule has 0 N–H and O–H groups in total. The van der Waals surface area contributed by atoms with Crippen molar-refractivity contribution in [2.24, 2.45) is 0 Å². The Morgan fingerprint density at radius 3 is 2.67 bits per heavy atom. The van der Waals surface area contributed by atoms with E-state index in [4.69, 9.17) is 4.74 Å². The topological polar surface area (TPSA) is 22.1 Å². The van der Waals surface area contributed by atoms with Crippen LogP contribution in [-0.2, 0) is 5.75 Å². The molecule has 0 fully saturated rings. The van der Waals surface area contributed by atoms with E-state index in [2.05, 4.69) is 51.2 Å². The molecule has 3 aromatic rings. The van der Waals surface area contributed by atoms with Crippen LogP contribution in [0.4, 0.5) is 0 Å². The van der Waals surface area contributed by atoms with Gasteiger partial charge in [0.2, 0.25) is 0 Å². The number of fused-ring (bicyclic) bond motifs is 1. The zero-order valence-corrected chi connectivity index (χ0v) is 13.9. The van der Waals surface area contributed by atoms with Crippen LogP contribution in [0, 0.1) is 0 Å². The number of ether oxygens (including phenoxy) is 1. The van der Waals surface area contributed by atoms with Gasteiger partial charge in [0.05, 0.1) is 17.1 Å². The van der Waals surface area contributed by atoms with E-state index in [9.17, 15) is 0 Å². The van der Waals surface area contributed by atoms with Gasteiger partial charge in [0, 0.05) is 22.2 Å². The zero-order valence-electron chi connectivity index (χ0n) is 11.5. The lowest BCUT2D eigenvalue weighted by atomic mass is 10.2. The average molecular weight is 360 g/mol. The standard InChI is InChI=1S/C17H14BrNOS/c1-20-14-7-4-12(5-8-14)11-21-15-9-6-13-3-2-10-19-17(13)16(15)18/h2-10H,11H2,1H3. The lowest BCUT2D eigenvalue weighted by Crippen LogP contribution is -1.86. The van der Waals surface area contributed by atoms with Crippen molar-refractivity contribution < 1.29 is 4.74 Å². The van der Waals surface area contributed by atoms with Crippen molar-refractivity contribution in [3.05, 3.63) is 64.8 Å². The molecule has 0 amide bonds. The maximum atomic E-state index is 5.18. The summed E-state index contributed by atoms with van der Waals surface area (Å²) in [6, 6.07) is 16.5. The number of pyridine rings is 1. The summed E-state index contributed by atoms with van der Waals surface area (Å²) in [7, 11) is 1.68. The molecule has 1 heterocycles. The first-order valence-electron chi connectivity index (χ1n) is 6.57. The first-order chi connectivity index (χ1) is 10.3. The number of hydrogen-bond acceptors (Lipinski definition) is 3. The van der Waals surface area contributed by atoms with E-state index in [0.29, 0.717) is 0 Å². The Labute approximate surface area is 136 Å². The van der Waals surface area contributed by atoms with E-state index in [1.54, 1.807) is 18.9 Å². The van der Waals surface area contributed by atoms with Crippen molar-refractivity contribution >= 4 is 38.6 Å². The zero-order chi connectivity index (χ0) is 14.7. The molecular weight excluding hydrogens is 346 g/mol. The van der Waals surface area contributed by atoms with Crippen LogP contribution in [0.5, 0.6) is 5.75 Å². The molecule has 1 aromatic heterocycles. The Morgan fingerprint density at radius 2 is 1.90 bits per heavy atom. The van der Waals surface area contributed by atoms with Crippen molar-refractivity contribution in [3.63, 3.8) is 0 Å². The van der Waals surface area contributed by atoms with Gasteiger partial charge in [-0.3, -0.25) is 4.98 Å². The fraction of sp³-hybridized carbons (Fsp3) is 0.118. The van der Waals surface area contributed by atoms with Crippen LogP contribution in [0.2, 0.25) is 0 Å². The molecule has 0 saturated heterocycles. The van der Waals surface area contributed by atoms with E-state index in [1.165, 1.54) is 10.5 Å². The van der Waals surface area contributed by atoms with Gasteiger partial charge in [-0.15, -0.1) is 11.8 Å². The molecule has 0 aliphatic rings. The minimum Gasteiger partial charge on any atom is -0.497 e. The molecule has 21 heavy (non-hydrogen) atoms. The maximum Gasteiger partial charge on any atom is 0.118 e. The van der Waals surface area contributed by atoms with Gasteiger partial charge in [-0.25, -0.2) is 0 Å². The summed E-state index contributed by atoms with van der Waals surface area (Å²) in [6.45, 7) is 0. The van der Waals surface area contributed by atoms with Crippen LogP contribution in [0.3, 0.4) is 0 Å². The van der Waals surface area contributed by atoms with Gasteiger partial charge in [0.15, 0.2) is 0 Å². The Kier molecular flexibility index (Phi) is 4.46. The summed E-state index contributed by atoms with van der Waals surface area (Å²) in [5.41, 5.74) is 2.28. The Bertz CT molecular complexity index is 758. The predicted octanol–water partition coefficient (Wildman–Crippen LogP) is 5.30. The summed E-state index contributed by atoms with van der Waals surface area (Å²) < 4.78 is 6.25. The van der Waals surface area contributed by atoms with Gasteiger partial charge in [-0.1, -0.05) is 24.3 Å². The molecule has 0 radical (unpaired) electrons. The molecule has 0 aliphatic carbocycles. The lowest BCUT2D eigenvalue weighted by Gasteiger charge is -2.07. The van der Waals surface area contributed by atoms with Crippen LogP contribution in [0.15, 0.2) is 64.1 Å². The number of halogens is 1. The number of nitrogens with zero attached hydrogens (tertiary/aromatic N) is 1. The van der Waals surface area contributed by atoms with Crippen molar-refractivity contribution in [2.75, 3.05) is 7.11 Å². The number of methoxy groups -OCH3 is 1. The first kappa shape index (κ1) is 14.4. The molecule has 0 saturated carbocycles. The highest BCUT2D eigenvalue weighted by Gasteiger charge is 2.07. The minimum atomic E-state index is 0.889. The van der Waals surface area contributed by atoms with Crippen molar-refractivity contribution in [3.8, 4) is 5.75 Å². The predicted molar refractivity (Wildman–Crippen MR) is 92.0 cm³/mol. The number of thioether (sulfide) groups is 1. The van der Waals surface area contributed by atoms with Gasteiger partial charge < -0.3 is 4.74 Å². The molecule has 0 aliphatic heterocycles. The molecule has 0 unspecified atom stereocenters. The fourth-order valence-electron chi connectivity index (χ4n) is 2.09. The Morgan fingerprint density at radius 1 is 1.10 bits per heavy atom. The normalized spacial score (nSPS) is 10.8. The van der Waals surface area contributed by atoms with Gasteiger partial charge >= 0.3 is 0 Å². The van der Waals surface area contributed by atoms with Crippen LogP contribution < -0.4 is 4.74 Å². The van der Waals surface area contributed by atoms with Gasteiger partial charge in [-0.2, -0.15) is 0 Å². The second-order valence-electron chi connectivity index (χ2n) is 4.59. The highest BCUT2D eigenvalue weighted by Crippen LogP contribution is 2.34. The molecule has 106 valence electrons. The minimum absolute atomic E-state index is 0.889. The number of hydrogen-bond donors (Lipinski definition) is 0. The maximum absolute atomic E-state index is 5.18.